The number of ether oxygens (including phenoxy) is 1. The Labute approximate surface area is 127 Å². The summed E-state index contributed by atoms with van der Waals surface area (Å²) in [5.74, 6) is 0.113. The van der Waals surface area contributed by atoms with Crippen molar-refractivity contribution in [3.63, 3.8) is 0 Å². The first-order chi connectivity index (χ1) is 9.85. The van der Waals surface area contributed by atoms with E-state index in [0.717, 1.165) is 12.0 Å². The summed E-state index contributed by atoms with van der Waals surface area (Å²) in [6.45, 7) is 6.67. The van der Waals surface area contributed by atoms with Crippen LogP contribution in [0, 0.1) is 5.92 Å². The van der Waals surface area contributed by atoms with Gasteiger partial charge in [0.2, 0.25) is 10.0 Å². The van der Waals surface area contributed by atoms with E-state index in [9.17, 15) is 8.42 Å². The lowest BCUT2D eigenvalue weighted by Crippen LogP contribution is -2.31. The second kappa shape index (κ2) is 7.77. The maximum atomic E-state index is 12.5. The highest BCUT2D eigenvalue weighted by Gasteiger charge is 2.21. The molecule has 1 atom stereocenters. The zero-order chi connectivity index (χ0) is 16.0. The number of nitrogens with two attached hydrogens (primary N) is 1. The molecule has 0 bridgehead atoms. The van der Waals surface area contributed by atoms with Crippen LogP contribution in [0.15, 0.2) is 17.0 Å². The van der Waals surface area contributed by atoms with Gasteiger partial charge in [-0.2, -0.15) is 0 Å². The predicted octanol–water partition coefficient (Wildman–Crippen LogP) is 1.95. The average Bonchev–Trinajstić information content (AvgIpc) is 2.44. The van der Waals surface area contributed by atoms with Crippen molar-refractivity contribution < 1.29 is 13.2 Å². The molecule has 1 unspecified atom stereocenters. The van der Waals surface area contributed by atoms with Crippen LogP contribution >= 0.6 is 0 Å². The van der Waals surface area contributed by atoms with Gasteiger partial charge in [0.05, 0.1) is 4.90 Å². The van der Waals surface area contributed by atoms with Gasteiger partial charge in [0, 0.05) is 25.9 Å². The van der Waals surface area contributed by atoms with E-state index in [0.29, 0.717) is 35.7 Å². The fraction of sp³-hybridized carbons (Fsp3) is 0.600. The van der Waals surface area contributed by atoms with Crippen molar-refractivity contribution in [1.82, 2.24) is 4.72 Å². The van der Waals surface area contributed by atoms with E-state index in [-0.39, 0.29) is 5.92 Å². The van der Waals surface area contributed by atoms with Crippen LogP contribution in [-0.4, -0.2) is 28.7 Å². The number of nitrogen functional groups attached to an aromatic ring is 1. The summed E-state index contributed by atoms with van der Waals surface area (Å²) in [4.78, 5) is 0.298. The van der Waals surface area contributed by atoms with Gasteiger partial charge in [-0.3, -0.25) is 0 Å². The van der Waals surface area contributed by atoms with E-state index in [4.69, 9.17) is 10.5 Å². The summed E-state index contributed by atoms with van der Waals surface area (Å²) >= 11 is 0. The Hall–Kier alpha value is -1.11. The van der Waals surface area contributed by atoms with Crippen LogP contribution in [0.2, 0.25) is 0 Å². The Morgan fingerprint density at radius 3 is 2.48 bits per heavy atom. The topological polar surface area (TPSA) is 81.4 Å². The van der Waals surface area contributed by atoms with Crippen LogP contribution in [0.3, 0.4) is 0 Å². The average molecular weight is 314 g/mol. The molecule has 21 heavy (non-hydrogen) atoms. The Morgan fingerprint density at radius 1 is 1.29 bits per heavy atom. The number of methoxy groups -OCH3 is 1. The quantitative estimate of drug-likeness (QED) is 0.719. The molecule has 0 fully saturated rings. The SMILES string of the molecule is CCc1cc(N)c(CC)c(S(=O)(=O)NCC(C)COC)c1. The van der Waals surface area contributed by atoms with Crippen molar-refractivity contribution in [2.45, 2.75) is 38.5 Å². The highest BCUT2D eigenvalue weighted by molar-refractivity contribution is 7.89. The molecule has 0 saturated carbocycles. The number of nitrogens with one attached hydrogen (secondary N) is 1. The van der Waals surface area contributed by atoms with E-state index in [1.807, 2.05) is 26.8 Å². The van der Waals surface area contributed by atoms with E-state index in [1.165, 1.54) is 0 Å². The van der Waals surface area contributed by atoms with Crippen LogP contribution < -0.4 is 10.5 Å². The van der Waals surface area contributed by atoms with Gasteiger partial charge in [-0.15, -0.1) is 0 Å². The molecule has 0 aliphatic heterocycles. The first kappa shape index (κ1) is 17.9. The monoisotopic (exact) mass is 314 g/mol. The molecule has 0 aliphatic carbocycles. The molecule has 0 amide bonds. The standard InChI is InChI=1S/C15H26N2O3S/c1-5-12-7-14(16)13(6-2)15(8-12)21(18,19)17-9-11(3)10-20-4/h7-8,11,17H,5-6,9-10,16H2,1-4H3. The van der Waals surface area contributed by atoms with E-state index >= 15 is 0 Å². The number of benzene rings is 1. The number of aryl methyl sites for hydroxylation is 1. The van der Waals surface area contributed by atoms with Crippen molar-refractivity contribution in [3.05, 3.63) is 23.3 Å². The molecule has 0 heterocycles. The molecule has 1 aromatic carbocycles. The zero-order valence-electron chi connectivity index (χ0n) is 13.3. The molecular formula is C15H26N2O3S. The van der Waals surface area contributed by atoms with Crippen LogP contribution in [0.25, 0.3) is 0 Å². The summed E-state index contributed by atoms with van der Waals surface area (Å²) in [7, 11) is -1.95. The van der Waals surface area contributed by atoms with Crippen molar-refractivity contribution in [1.29, 1.82) is 0 Å². The smallest absolute Gasteiger partial charge is 0.240 e. The highest BCUT2D eigenvalue weighted by Crippen LogP contribution is 2.25. The molecule has 120 valence electrons. The van der Waals surface area contributed by atoms with Crippen molar-refractivity contribution in [3.8, 4) is 0 Å². The third-order valence-electron chi connectivity index (χ3n) is 3.43. The number of hydrogen-bond donors (Lipinski definition) is 2. The highest BCUT2D eigenvalue weighted by atomic mass is 32.2. The van der Waals surface area contributed by atoms with Crippen molar-refractivity contribution in [2.75, 3.05) is 26.0 Å². The van der Waals surface area contributed by atoms with Crippen molar-refractivity contribution in [2.24, 2.45) is 5.92 Å². The van der Waals surface area contributed by atoms with Crippen LogP contribution in [0.4, 0.5) is 5.69 Å². The molecule has 0 aromatic heterocycles. The van der Waals surface area contributed by atoms with Gasteiger partial charge in [0.1, 0.15) is 0 Å². The third kappa shape index (κ3) is 4.69. The van der Waals surface area contributed by atoms with E-state index in [2.05, 4.69) is 4.72 Å². The first-order valence-corrected chi connectivity index (χ1v) is 8.73. The first-order valence-electron chi connectivity index (χ1n) is 7.25. The zero-order valence-corrected chi connectivity index (χ0v) is 14.1. The van der Waals surface area contributed by atoms with Crippen LogP contribution in [-0.2, 0) is 27.6 Å². The fourth-order valence-electron chi connectivity index (χ4n) is 2.22. The molecule has 3 N–H and O–H groups in total. The minimum atomic E-state index is -3.56. The summed E-state index contributed by atoms with van der Waals surface area (Å²) in [5.41, 5.74) is 8.15. The van der Waals surface area contributed by atoms with Gasteiger partial charge in [0.25, 0.3) is 0 Å². The lowest BCUT2D eigenvalue weighted by molar-refractivity contribution is 0.161. The minimum absolute atomic E-state index is 0.113. The Morgan fingerprint density at radius 2 is 1.95 bits per heavy atom. The lowest BCUT2D eigenvalue weighted by Gasteiger charge is -2.16. The molecule has 1 aromatic rings. The Balaban J connectivity index is 3.09. The van der Waals surface area contributed by atoms with Gasteiger partial charge in [-0.25, -0.2) is 13.1 Å². The third-order valence-corrected chi connectivity index (χ3v) is 4.92. The van der Waals surface area contributed by atoms with Gasteiger partial charge in [-0.05, 0) is 42.0 Å². The second-order valence-corrected chi connectivity index (χ2v) is 7.02. The molecule has 0 spiro atoms. The molecule has 6 heteroatoms. The maximum Gasteiger partial charge on any atom is 0.240 e. The second-order valence-electron chi connectivity index (χ2n) is 5.28. The predicted molar refractivity (Wildman–Crippen MR) is 85.8 cm³/mol. The summed E-state index contributed by atoms with van der Waals surface area (Å²) < 4.78 is 32.7. The van der Waals surface area contributed by atoms with Gasteiger partial charge in [0.15, 0.2) is 0 Å². The van der Waals surface area contributed by atoms with E-state index < -0.39 is 10.0 Å². The van der Waals surface area contributed by atoms with E-state index in [1.54, 1.807) is 13.2 Å². The molecular weight excluding hydrogens is 288 g/mol. The molecule has 0 radical (unpaired) electrons. The minimum Gasteiger partial charge on any atom is -0.398 e. The fourth-order valence-corrected chi connectivity index (χ4v) is 3.77. The number of anilines is 1. The summed E-state index contributed by atoms with van der Waals surface area (Å²) in [6.07, 6.45) is 1.33. The lowest BCUT2D eigenvalue weighted by atomic mass is 10.1. The molecule has 1 rings (SSSR count). The van der Waals surface area contributed by atoms with Gasteiger partial charge >= 0.3 is 0 Å². The molecule has 0 aliphatic rings. The normalized spacial score (nSPS) is 13.3. The summed E-state index contributed by atoms with van der Waals surface area (Å²) in [6, 6.07) is 3.57. The maximum absolute atomic E-state index is 12.5. The molecule has 5 nitrogen and oxygen atoms in total. The Bertz CT molecular complexity index is 571. The largest absolute Gasteiger partial charge is 0.398 e. The molecule has 0 saturated heterocycles. The summed E-state index contributed by atoms with van der Waals surface area (Å²) in [5, 5.41) is 0. The number of sulfonamides is 1. The van der Waals surface area contributed by atoms with Crippen molar-refractivity contribution >= 4 is 15.7 Å². The number of hydrogen-bond acceptors (Lipinski definition) is 4. The van der Waals surface area contributed by atoms with Crippen LogP contribution in [0.1, 0.15) is 31.9 Å². The van der Waals surface area contributed by atoms with Crippen LogP contribution in [0.5, 0.6) is 0 Å². The number of rotatable bonds is 8. The van der Waals surface area contributed by atoms with Gasteiger partial charge < -0.3 is 10.5 Å². The van der Waals surface area contributed by atoms with Gasteiger partial charge in [-0.1, -0.05) is 20.8 Å². The Kier molecular flexibility index (Phi) is 6.64.